The molecular weight excluding hydrogens is 262 g/mol. The monoisotopic (exact) mass is 289 g/mol. The Morgan fingerprint density at radius 1 is 1.22 bits per heavy atom. The number of hydrogen-bond acceptors (Lipinski definition) is 3. The first-order valence-corrected chi connectivity index (χ1v) is 7.89. The van der Waals surface area contributed by atoms with Crippen molar-refractivity contribution in [3.63, 3.8) is 0 Å². The van der Waals surface area contributed by atoms with Crippen LogP contribution in [-0.4, -0.2) is 36.7 Å². The Labute approximate surface area is 122 Å². The van der Waals surface area contributed by atoms with Crippen LogP contribution in [0.4, 0.5) is 0 Å². The third-order valence-electron chi connectivity index (χ3n) is 3.70. The largest absolute Gasteiger partial charge is 0.412 e. The van der Waals surface area contributed by atoms with E-state index in [0.717, 1.165) is 13.0 Å². The molecule has 3 N–H and O–H groups in total. The van der Waals surface area contributed by atoms with Crippen LogP contribution in [0.2, 0.25) is 0 Å². The Kier molecular flexibility index (Phi) is 7.37. The van der Waals surface area contributed by atoms with Crippen molar-refractivity contribution in [1.82, 2.24) is 10.6 Å². The average molecular weight is 290 g/mol. The standard InChI is InChI=1S/C7H14N2S2.C6H13N/c1-7(9-6(10)11)4-2-3-5-8-7;1-7-5-3-2-4-6-7/h8H,2-5H2,1H3,(H2,9,10,11);2-6H2,1H3. The zero-order valence-electron chi connectivity index (χ0n) is 11.7. The summed E-state index contributed by atoms with van der Waals surface area (Å²) in [7, 11) is 2.28. The van der Waals surface area contributed by atoms with Gasteiger partial charge in [-0.2, -0.15) is 0 Å². The SMILES string of the molecule is CC1(NC(=S)[S-])CCCCN1.C[NH+]1CCCCC1. The lowest BCUT2D eigenvalue weighted by atomic mass is 10.0. The Morgan fingerprint density at radius 2 is 1.89 bits per heavy atom. The number of likely N-dealkylation sites (tertiary alicyclic amines) is 1. The van der Waals surface area contributed by atoms with E-state index in [-0.39, 0.29) is 5.66 Å². The van der Waals surface area contributed by atoms with Crippen LogP contribution in [0.25, 0.3) is 0 Å². The number of rotatable bonds is 1. The van der Waals surface area contributed by atoms with Crippen LogP contribution in [0, 0.1) is 0 Å². The maximum absolute atomic E-state index is 4.81. The Bertz CT molecular complexity index is 247. The van der Waals surface area contributed by atoms with Crippen molar-refractivity contribution in [1.29, 1.82) is 0 Å². The van der Waals surface area contributed by atoms with Crippen molar-refractivity contribution in [2.45, 2.75) is 51.1 Å². The van der Waals surface area contributed by atoms with Gasteiger partial charge in [-0.15, -0.1) is 0 Å². The van der Waals surface area contributed by atoms with Crippen LogP contribution < -0.4 is 15.5 Å². The minimum Gasteiger partial charge on any atom is -0.412 e. The number of quaternary nitrogens is 1. The van der Waals surface area contributed by atoms with Crippen molar-refractivity contribution >= 4 is 29.2 Å². The van der Waals surface area contributed by atoms with Crippen molar-refractivity contribution < 1.29 is 4.90 Å². The Balaban J connectivity index is 0.000000199. The molecule has 1 unspecified atom stereocenters. The van der Waals surface area contributed by atoms with Gasteiger partial charge >= 0.3 is 0 Å². The zero-order chi connectivity index (χ0) is 13.4. The van der Waals surface area contributed by atoms with Crippen molar-refractivity contribution in [2.75, 3.05) is 26.7 Å². The van der Waals surface area contributed by atoms with Gasteiger partial charge in [-0.05, 0) is 52.0 Å². The summed E-state index contributed by atoms with van der Waals surface area (Å²) in [5.74, 6) is 0. The van der Waals surface area contributed by atoms with Gasteiger partial charge < -0.3 is 35.1 Å². The highest BCUT2D eigenvalue weighted by Gasteiger charge is 2.24. The van der Waals surface area contributed by atoms with Gasteiger partial charge in [-0.25, -0.2) is 0 Å². The molecule has 0 radical (unpaired) electrons. The molecule has 0 saturated carbocycles. The molecule has 0 aliphatic carbocycles. The van der Waals surface area contributed by atoms with Gasteiger partial charge in [0.25, 0.3) is 0 Å². The van der Waals surface area contributed by atoms with Gasteiger partial charge in [-0.3, -0.25) is 5.32 Å². The van der Waals surface area contributed by atoms with Gasteiger partial charge in [-0.1, -0.05) is 4.32 Å². The van der Waals surface area contributed by atoms with Crippen LogP contribution in [-0.2, 0) is 12.6 Å². The fourth-order valence-electron chi connectivity index (χ4n) is 2.54. The summed E-state index contributed by atoms with van der Waals surface area (Å²) in [5, 5.41) is 6.45. The van der Waals surface area contributed by atoms with E-state index in [9.17, 15) is 0 Å². The van der Waals surface area contributed by atoms with E-state index in [1.807, 2.05) is 0 Å². The molecule has 0 aromatic rings. The summed E-state index contributed by atoms with van der Waals surface area (Å²) in [6, 6.07) is 0. The van der Waals surface area contributed by atoms with Gasteiger partial charge in [0, 0.05) is 0 Å². The number of thiocarbonyl (C=S) groups is 1. The van der Waals surface area contributed by atoms with Crippen LogP contribution in [0.3, 0.4) is 0 Å². The van der Waals surface area contributed by atoms with Crippen LogP contribution in [0.15, 0.2) is 0 Å². The summed E-state index contributed by atoms with van der Waals surface area (Å²) in [6.07, 6.45) is 7.97. The minimum absolute atomic E-state index is 0.0446. The molecule has 0 aromatic carbocycles. The predicted molar refractivity (Wildman–Crippen MR) is 83.8 cm³/mol. The van der Waals surface area contributed by atoms with Crippen LogP contribution >= 0.6 is 12.2 Å². The maximum Gasteiger partial charge on any atom is 0.0840 e. The number of piperidine rings is 2. The minimum atomic E-state index is -0.0446. The first-order valence-electron chi connectivity index (χ1n) is 7.07. The average Bonchev–Trinajstić information content (AvgIpc) is 2.30. The zero-order valence-corrected chi connectivity index (χ0v) is 13.3. The van der Waals surface area contributed by atoms with Crippen LogP contribution in [0.5, 0.6) is 0 Å². The van der Waals surface area contributed by atoms with Gasteiger partial charge in [0.1, 0.15) is 0 Å². The van der Waals surface area contributed by atoms with E-state index in [1.54, 1.807) is 4.90 Å². The third kappa shape index (κ3) is 6.83. The highest BCUT2D eigenvalue weighted by atomic mass is 32.1. The van der Waals surface area contributed by atoms with E-state index in [1.165, 1.54) is 45.2 Å². The lowest BCUT2D eigenvalue weighted by Gasteiger charge is -2.38. The van der Waals surface area contributed by atoms with Crippen LogP contribution in [0.1, 0.15) is 45.4 Å². The molecule has 0 bridgehead atoms. The molecule has 2 saturated heterocycles. The Morgan fingerprint density at radius 3 is 2.28 bits per heavy atom. The summed E-state index contributed by atoms with van der Waals surface area (Å²) >= 11 is 9.62. The Hall–Kier alpha value is 0.0300. The van der Waals surface area contributed by atoms with E-state index >= 15 is 0 Å². The summed E-state index contributed by atoms with van der Waals surface area (Å²) in [5.41, 5.74) is -0.0446. The normalized spacial score (nSPS) is 29.0. The molecule has 0 spiro atoms. The second-order valence-corrected chi connectivity index (χ2v) is 6.72. The molecule has 2 aliphatic rings. The molecule has 0 amide bonds. The molecule has 106 valence electrons. The smallest absolute Gasteiger partial charge is 0.0840 e. The van der Waals surface area contributed by atoms with Gasteiger partial charge in [0.15, 0.2) is 0 Å². The maximum atomic E-state index is 4.81. The highest BCUT2D eigenvalue weighted by Crippen LogP contribution is 2.15. The summed E-state index contributed by atoms with van der Waals surface area (Å²) in [6.45, 7) is 5.96. The van der Waals surface area contributed by atoms with E-state index in [2.05, 4.69) is 24.6 Å². The second kappa shape index (κ2) is 8.25. The lowest BCUT2D eigenvalue weighted by molar-refractivity contribution is -0.884. The highest BCUT2D eigenvalue weighted by molar-refractivity contribution is 8.00. The fraction of sp³-hybridized carbons (Fsp3) is 0.923. The fourth-order valence-corrected chi connectivity index (χ4v) is 2.99. The molecule has 1 atom stereocenters. The molecule has 0 aromatic heterocycles. The lowest BCUT2D eigenvalue weighted by Crippen LogP contribution is -3.09. The third-order valence-corrected chi connectivity index (χ3v) is 3.91. The predicted octanol–water partition coefficient (Wildman–Crippen LogP) is 0.583. The number of hydrogen-bond donors (Lipinski definition) is 3. The molecule has 5 heteroatoms. The van der Waals surface area contributed by atoms with Crippen molar-refractivity contribution in [3.05, 3.63) is 0 Å². The van der Waals surface area contributed by atoms with Crippen molar-refractivity contribution in [3.8, 4) is 0 Å². The molecule has 18 heavy (non-hydrogen) atoms. The number of nitrogens with one attached hydrogen (secondary N) is 3. The van der Waals surface area contributed by atoms with Gasteiger partial charge in [0.2, 0.25) is 0 Å². The molecule has 2 rings (SSSR count). The second-order valence-electron chi connectivity index (χ2n) is 5.65. The van der Waals surface area contributed by atoms with Crippen molar-refractivity contribution in [2.24, 2.45) is 0 Å². The molecular formula is C13H27N3S2. The first-order chi connectivity index (χ1) is 8.52. The molecule has 2 fully saturated rings. The summed E-state index contributed by atoms with van der Waals surface area (Å²) in [4.78, 5) is 1.71. The van der Waals surface area contributed by atoms with Gasteiger partial charge in [0.05, 0.1) is 25.8 Å². The van der Waals surface area contributed by atoms with E-state index in [4.69, 9.17) is 24.8 Å². The molecule has 3 nitrogen and oxygen atoms in total. The summed E-state index contributed by atoms with van der Waals surface area (Å²) < 4.78 is 0.460. The van der Waals surface area contributed by atoms with E-state index in [0.29, 0.717) is 4.32 Å². The molecule has 2 heterocycles. The molecule has 2 aliphatic heterocycles. The topological polar surface area (TPSA) is 28.5 Å². The van der Waals surface area contributed by atoms with E-state index < -0.39 is 0 Å². The first kappa shape index (κ1) is 16.1. The quantitative estimate of drug-likeness (QED) is 0.487.